The molecule has 0 unspecified atom stereocenters. The van der Waals surface area contributed by atoms with Gasteiger partial charge in [-0.1, -0.05) is 28.1 Å². The second-order valence-electron chi connectivity index (χ2n) is 4.73. The van der Waals surface area contributed by atoms with Gasteiger partial charge in [0, 0.05) is 28.3 Å². The second-order valence-corrected chi connectivity index (χ2v) is 6.18. The van der Waals surface area contributed by atoms with Crippen molar-refractivity contribution < 1.29 is 4.74 Å². The van der Waals surface area contributed by atoms with E-state index in [9.17, 15) is 0 Å². The summed E-state index contributed by atoms with van der Waals surface area (Å²) in [6.45, 7) is 4.73. The molecular formula is C14H19BrCl2O. The van der Waals surface area contributed by atoms with Crippen molar-refractivity contribution in [1.29, 1.82) is 0 Å². The Labute approximate surface area is 128 Å². The predicted molar refractivity (Wildman–Crippen MR) is 83.0 cm³/mol. The molecule has 0 radical (unpaired) electrons. The minimum absolute atomic E-state index is 0.220. The SMILES string of the molecule is CC(C)OCCC(CCl)(CCl)c1cccc(Br)c1. The first-order valence-corrected chi connectivity index (χ1v) is 7.90. The zero-order valence-corrected chi connectivity index (χ0v) is 13.9. The summed E-state index contributed by atoms with van der Waals surface area (Å²) in [6.07, 6.45) is 1.06. The van der Waals surface area contributed by atoms with E-state index >= 15 is 0 Å². The third-order valence-corrected chi connectivity index (χ3v) is 4.50. The summed E-state index contributed by atoms with van der Waals surface area (Å²) in [5.41, 5.74) is 0.941. The summed E-state index contributed by atoms with van der Waals surface area (Å²) in [5, 5.41) is 0. The Morgan fingerprint density at radius 2 is 1.94 bits per heavy atom. The van der Waals surface area contributed by atoms with Crippen LogP contribution in [-0.2, 0) is 10.2 Å². The highest BCUT2D eigenvalue weighted by atomic mass is 79.9. The van der Waals surface area contributed by atoms with Crippen LogP contribution in [0.25, 0.3) is 0 Å². The molecule has 0 amide bonds. The fraction of sp³-hybridized carbons (Fsp3) is 0.571. The minimum atomic E-state index is -0.220. The molecule has 1 aromatic carbocycles. The van der Waals surface area contributed by atoms with Crippen LogP contribution in [0.15, 0.2) is 28.7 Å². The molecule has 18 heavy (non-hydrogen) atoms. The number of hydrogen-bond donors (Lipinski definition) is 0. The average Bonchev–Trinajstić information content (AvgIpc) is 2.35. The second kappa shape index (κ2) is 7.74. The van der Waals surface area contributed by atoms with Crippen LogP contribution in [0.3, 0.4) is 0 Å². The van der Waals surface area contributed by atoms with Crippen LogP contribution in [0.5, 0.6) is 0 Å². The largest absolute Gasteiger partial charge is 0.379 e. The molecule has 0 spiro atoms. The van der Waals surface area contributed by atoms with Crippen LogP contribution in [0.4, 0.5) is 0 Å². The maximum atomic E-state index is 6.17. The number of ether oxygens (including phenoxy) is 1. The van der Waals surface area contributed by atoms with Crippen molar-refractivity contribution in [3.63, 3.8) is 0 Å². The minimum Gasteiger partial charge on any atom is -0.379 e. The third kappa shape index (κ3) is 4.41. The van der Waals surface area contributed by atoms with Crippen LogP contribution >= 0.6 is 39.1 Å². The summed E-state index contributed by atoms with van der Waals surface area (Å²) < 4.78 is 6.67. The van der Waals surface area contributed by atoms with Crippen LogP contribution in [0, 0.1) is 0 Å². The lowest BCUT2D eigenvalue weighted by molar-refractivity contribution is 0.0677. The van der Waals surface area contributed by atoms with E-state index in [0.717, 1.165) is 16.5 Å². The molecular weight excluding hydrogens is 335 g/mol. The van der Waals surface area contributed by atoms with Gasteiger partial charge in [0.05, 0.1) is 6.10 Å². The maximum absolute atomic E-state index is 6.17. The van der Waals surface area contributed by atoms with Gasteiger partial charge in [-0.05, 0) is 38.0 Å². The smallest absolute Gasteiger partial charge is 0.0518 e. The van der Waals surface area contributed by atoms with E-state index in [0.29, 0.717) is 18.4 Å². The molecule has 0 atom stereocenters. The molecule has 0 heterocycles. The molecule has 1 aromatic rings. The summed E-state index contributed by atoms with van der Waals surface area (Å²) in [6, 6.07) is 8.17. The first-order chi connectivity index (χ1) is 8.54. The highest BCUT2D eigenvalue weighted by molar-refractivity contribution is 9.10. The van der Waals surface area contributed by atoms with Gasteiger partial charge in [0.25, 0.3) is 0 Å². The highest BCUT2D eigenvalue weighted by Crippen LogP contribution is 2.32. The van der Waals surface area contributed by atoms with E-state index in [1.165, 1.54) is 0 Å². The average molecular weight is 354 g/mol. The van der Waals surface area contributed by atoms with Crippen LogP contribution in [0.1, 0.15) is 25.8 Å². The molecule has 0 bridgehead atoms. The lowest BCUT2D eigenvalue weighted by atomic mass is 9.81. The molecule has 0 aromatic heterocycles. The number of rotatable bonds is 7. The van der Waals surface area contributed by atoms with E-state index in [-0.39, 0.29) is 11.5 Å². The van der Waals surface area contributed by atoms with E-state index < -0.39 is 0 Å². The Morgan fingerprint density at radius 3 is 2.44 bits per heavy atom. The van der Waals surface area contributed by atoms with E-state index in [1.54, 1.807) is 0 Å². The highest BCUT2D eigenvalue weighted by Gasteiger charge is 2.30. The molecule has 1 rings (SSSR count). The Hall–Kier alpha value is 0.240. The van der Waals surface area contributed by atoms with Gasteiger partial charge in [0.2, 0.25) is 0 Å². The summed E-state index contributed by atoms with van der Waals surface area (Å²) >= 11 is 15.8. The van der Waals surface area contributed by atoms with Crippen LogP contribution in [0.2, 0.25) is 0 Å². The quantitative estimate of drug-likeness (QED) is 0.628. The predicted octanol–water partition coefficient (Wildman–Crippen LogP) is 4.98. The molecule has 0 N–H and O–H groups in total. The van der Waals surface area contributed by atoms with Crippen molar-refractivity contribution >= 4 is 39.1 Å². The van der Waals surface area contributed by atoms with E-state index in [4.69, 9.17) is 27.9 Å². The molecule has 0 saturated carbocycles. The van der Waals surface area contributed by atoms with Crippen LogP contribution in [-0.4, -0.2) is 24.5 Å². The van der Waals surface area contributed by atoms with Crippen molar-refractivity contribution in [2.75, 3.05) is 18.4 Å². The van der Waals surface area contributed by atoms with Crippen molar-refractivity contribution in [2.24, 2.45) is 0 Å². The lowest BCUT2D eigenvalue weighted by Crippen LogP contribution is -2.32. The van der Waals surface area contributed by atoms with Crippen molar-refractivity contribution in [3.8, 4) is 0 Å². The zero-order chi connectivity index (χ0) is 13.6. The molecule has 4 heteroatoms. The van der Waals surface area contributed by atoms with Gasteiger partial charge < -0.3 is 4.74 Å². The third-order valence-electron chi connectivity index (χ3n) is 2.98. The van der Waals surface area contributed by atoms with Crippen LogP contribution < -0.4 is 0 Å². The monoisotopic (exact) mass is 352 g/mol. The normalized spacial score (nSPS) is 12.1. The van der Waals surface area contributed by atoms with Gasteiger partial charge in [-0.3, -0.25) is 0 Å². The van der Waals surface area contributed by atoms with E-state index in [2.05, 4.69) is 28.1 Å². The van der Waals surface area contributed by atoms with Gasteiger partial charge in [0.15, 0.2) is 0 Å². The standard InChI is InChI=1S/C14H19BrCl2O/c1-11(2)18-7-6-14(9-16,10-17)12-4-3-5-13(15)8-12/h3-5,8,11H,6-7,9-10H2,1-2H3. The summed E-state index contributed by atoms with van der Waals surface area (Å²) in [7, 11) is 0. The molecule has 0 fully saturated rings. The number of alkyl halides is 2. The molecule has 1 nitrogen and oxygen atoms in total. The Morgan fingerprint density at radius 1 is 1.28 bits per heavy atom. The molecule has 0 aliphatic heterocycles. The Kier molecular flexibility index (Phi) is 7.01. The fourth-order valence-corrected chi connectivity index (χ4v) is 3.04. The van der Waals surface area contributed by atoms with Crippen molar-refractivity contribution in [2.45, 2.75) is 31.8 Å². The van der Waals surface area contributed by atoms with Gasteiger partial charge in [-0.25, -0.2) is 0 Å². The first-order valence-electron chi connectivity index (χ1n) is 6.03. The molecule has 0 saturated heterocycles. The first kappa shape index (κ1) is 16.3. The topological polar surface area (TPSA) is 9.23 Å². The Balaban J connectivity index is 2.85. The zero-order valence-electron chi connectivity index (χ0n) is 10.8. The van der Waals surface area contributed by atoms with E-state index in [1.807, 2.05) is 26.0 Å². The molecule has 102 valence electrons. The van der Waals surface area contributed by atoms with Crippen molar-refractivity contribution in [3.05, 3.63) is 34.3 Å². The maximum Gasteiger partial charge on any atom is 0.0518 e. The molecule has 0 aliphatic carbocycles. The fourth-order valence-electron chi connectivity index (χ4n) is 1.78. The molecule has 0 aliphatic rings. The number of halogens is 3. The van der Waals surface area contributed by atoms with Gasteiger partial charge in [0.1, 0.15) is 0 Å². The number of hydrogen-bond acceptors (Lipinski definition) is 1. The Bertz CT molecular complexity index is 365. The number of benzene rings is 1. The van der Waals surface area contributed by atoms with Crippen molar-refractivity contribution in [1.82, 2.24) is 0 Å². The van der Waals surface area contributed by atoms with Gasteiger partial charge >= 0.3 is 0 Å². The summed E-state index contributed by atoms with van der Waals surface area (Å²) in [4.78, 5) is 0. The summed E-state index contributed by atoms with van der Waals surface area (Å²) in [5.74, 6) is 0.989. The van der Waals surface area contributed by atoms with Gasteiger partial charge in [-0.15, -0.1) is 23.2 Å². The van der Waals surface area contributed by atoms with Gasteiger partial charge in [-0.2, -0.15) is 0 Å². The lowest BCUT2D eigenvalue weighted by Gasteiger charge is -2.30.